The van der Waals surface area contributed by atoms with Crippen molar-refractivity contribution in [1.29, 1.82) is 0 Å². The van der Waals surface area contributed by atoms with Gasteiger partial charge in [0.25, 0.3) is 0 Å². The number of amides is 1. The number of hydrogen-bond acceptors (Lipinski definition) is 6. The number of benzene rings is 2. The lowest BCUT2D eigenvalue weighted by Crippen LogP contribution is -2.25. The van der Waals surface area contributed by atoms with Crippen molar-refractivity contribution in [2.45, 2.75) is 11.7 Å². The van der Waals surface area contributed by atoms with Gasteiger partial charge in [-0.1, -0.05) is 54.2 Å². The average molecular weight is 369 g/mol. The number of thioether (sulfide) groups is 1. The second-order valence-electron chi connectivity index (χ2n) is 5.43. The monoisotopic (exact) mass is 369 g/mol. The van der Waals surface area contributed by atoms with Gasteiger partial charge in [0.1, 0.15) is 5.75 Å². The second kappa shape index (κ2) is 8.39. The van der Waals surface area contributed by atoms with E-state index in [9.17, 15) is 4.79 Å². The Balaban J connectivity index is 1.61. The Morgan fingerprint density at radius 2 is 1.88 bits per heavy atom. The largest absolute Gasteiger partial charge is 0.496 e. The smallest absolute Gasteiger partial charge is 0.230 e. The number of carbonyl (C=O) groups excluding carboxylic acids is 1. The molecule has 1 heterocycles. The first kappa shape index (κ1) is 17.8. The molecule has 0 saturated heterocycles. The van der Waals surface area contributed by atoms with E-state index in [-0.39, 0.29) is 11.7 Å². The van der Waals surface area contributed by atoms with Gasteiger partial charge in [-0.2, -0.15) is 0 Å². The maximum absolute atomic E-state index is 12.0. The van der Waals surface area contributed by atoms with E-state index < -0.39 is 0 Å². The summed E-state index contributed by atoms with van der Waals surface area (Å²) in [7, 11) is 1.59. The van der Waals surface area contributed by atoms with Crippen LogP contribution in [0.5, 0.6) is 5.75 Å². The molecule has 0 saturated carbocycles. The number of nitrogens with two attached hydrogens (primary N) is 1. The minimum Gasteiger partial charge on any atom is -0.496 e. The van der Waals surface area contributed by atoms with Crippen LogP contribution in [0.2, 0.25) is 0 Å². The van der Waals surface area contributed by atoms with Crippen LogP contribution >= 0.6 is 11.8 Å². The molecule has 0 aliphatic rings. The molecule has 7 nitrogen and oxygen atoms in total. The summed E-state index contributed by atoms with van der Waals surface area (Å²) < 4.78 is 6.70. The van der Waals surface area contributed by atoms with Crippen LogP contribution in [-0.4, -0.2) is 33.6 Å². The van der Waals surface area contributed by atoms with Crippen molar-refractivity contribution in [1.82, 2.24) is 20.2 Å². The predicted octanol–water partition coefficient (Wildman–Crippen LogP) is 2.08. The number of nitrogens with one attached hydrogen (secondary N) is 1. The van der Waals surface area contributed by atoms with Crippen molar-refractivity contribution in [3.8, 4) is 17.1 Å². The molecule has 3 aromatic rings. The molecule has 3 N–H and O–H groups in total. The normalized spacial score (nSPS) is 10.5. The number of para-hydroxylation sites is 1. The van der Waals surface area contributed by atoms with E-state index >= 15 is 0 Å². The molecule has 134 valence electrons. The Labute approximate surface area is 155 Å². The van der Waals surface area contributed by atoms with Crippen LogP contribution in [0.1, 0.15) is 5.56 Å². The number of carbonyl (C=O) groups is 1. The Kier molecular flexibility index (Phi) is 5.75. The highest BCUT2D eigenvalue weighted by molar-refractivity contribution is 7.99. The van der Waals surface area contributed by atoms with Gasteiger partial charge in [-0.15, -0.1) is 10.2 Å². The lowest BCUT2D eigenvalue weighted by Gasteiger charge is -2.08. The molecule has 0 aliphatic carbocycles. The van der Waals surface area contributed by atoms with Gasteiger partial charge in [0.2, 0.25) is 11.1 Å². The van der Waals surface area contributed by atoms with Gasteiger partial charge in [0.15, 0.2) is 5.82 Å². The van der Waals surface area contributed by atoms with Gasteiger partial charge >= 0.3 is 0 Å². The van der Waals surface area contributed by atoms with Crippen LogP contribution in [0.15, 0.2) is 59.8 Å². The zero-order chi connectivity index (χ0) is 18.4. The Hall–Kier alpha value is -3.00. The van der Waals surface area contributed by atoms with Gasteiger partial charge in [-0.25, -0.2) is 4.68 Å². The molecule has 0 bridgehead atoms. The summed E-state index contributed by atoms with van der Waals surface area (Å²) in [5.74, 6) is 7.34. The van der Waals surface area contributed by atoms with Crippen LogP contribution < -0.4 is 15.9 Å². The number of nitrogen functional groups attached to an aromatic ring is 1. The number of rotatable bonds is 7. The molecule has 0 atom stereocenters. The number of nitrogens with zero attached hydrogens (tertiary/aromatic N) is 3. The van der Waals surface area contributed by atoms with Crippen molar-refractivity contribution in [2.75, 3.05) is 18.7 Å². The fourth-order valence-corrected chi connectivity index (χ4v) is 3.05. The Bertz CT molecular complexity index is 882. The van der Waals surface area contributed by atoms with Crippen molar-refractivity contribution in [3.05, 3.63) is 60.2 Å². The van der Waals surface area contributed by atoms with E-state index in [4.69, 9.17) is 10.6 Å². The minimum atomic E-state index is -0.0966. The van der Waals surface area contributed by atoms with E-state index in [1.165, 1.54) is 16.4 Å². The first-order valence-electron chi connectivity index (χ1n) is 7.96. The van der Waals surface area contributed by atoms with Gasteiger partial charge in [-0.3, -0.25) is 4.79 Å². The van der Waals surface area contributed by atoms with E-state index in [1.54, 1.807) is 7.11 Å². The summed E-state index contributed by atoms with van der Waals surface area (Å²) in [6, 6.07) is 17.2. The van der Waals surface area contributed by atoms with Crippen molar-refractivity contribution < 1.29 is 9.53 Å². The maximum atomic E-state index is 12.0. The lowest BCUT2D eigenvalue weighted by molar-refractivity contribution is -0.118. The van der Waals surface area contributed by atoms with Gasteiger partial charge in [0, 0.05) is 6.54 Å². The highest BCUT2D eigenvalue weighted by Crippen LogP contribution is 2.29. The van der Waals surface area contributed by atoms with Crippen molar-refractivity contribution in [2.24, 2.45) is 0 Å². The molecule has 8 heteroatoms. The predicted molar refractivity (Wildman–Crippen MR) is 101 cm³/mol. The molecule has 0 unspecified atom stereocenters. The SMILES string of the molecule is COc1ccccc1-c1nnc(SCC(=O)NCc2ccccc2)n1N. The number of aromatic nitrogens is 3. The highest BCUT2D eigenvalue weighted by Gasteiger charge is 2.16. The third kappa shape index (κ3) is 4.15. The molecule has 1 aromatic heterocycles. The van der Waals surface area contributed by atoms with Crippen molar-refractivity contribution in [3.63, 3.8) is 0 Å². The standard InChI is InChI=1S/C18H19N5O2S/c1-25-15-10-6-5-9-14(15)17-21-22-18(23(17)19)26-12-16(24)20-11-13-7-3-2-4-8-13/h2-10H,11-12,19H2,1H3,(H,20,24). The third-order valence-corrected chi connectivity index (χ3v) is 4.62. The molecule has 3 rings (SSSR count). The quantitative estimate of drug-likeness (QED) is 0.489. The average Bonchev–Trinajstić information content (AvgIpc) is 3.05. The minimum absolute atomic E-state index is 0.0966. The molecular weight excluding hydrogens is 350 g/mol. The van der Waals surface area contributed by atoms with E-state index in [0.717, 1.165) is 11.1 Å². The summed E-state index contributed by atoms with van der Waals surface area (Å²) in [4.78, 5) is 12.0. The van der Waals surface area contributed by atoms with Crippen molar-refractivity contribution >= 4 is 17.7 Å². The summed E-state index contributed by atoms with van der Waals surface area (Å²) >= 11 is 1.23. The summed E-state index contributed by atoms with van der Waals surface area (Å²) in [5.41, 5.74) is 1.79. The molecule has 0 aliphatic heterocycles. The molecule has 2 aromatic carbocycles. The van der Waals surface area contributed by atoms with E-state index in [1.807, 2.05) is 54.6 Å². The lowest BCUT2D eigenvalue weighted by atomic mass is 10.2. The van der Waals surface area contributed by atoms with Gasteiger partial charge in [0.05, 0.1) is 18.4 Å². The maximum Gasteiger partial charge on any atom is 0.230 e. The van der Waals surface area contributed by atoms with Crippen LogP contribution in [0.25, 0.3) is 11.4 Å². The first-order valence-corrected chi connectivity index (χ1v) is 8.95. The molecule has 0 spiro atoms. The fourth-order valence-electron chi connectivity index (χ4n) is 2.37. The van der Waals surface area contributed by atoms with Crippen LogP contribution in [0, 0.1) is 0 Å². The van der Waals surface area contributed by atoms with Gasteiger partial charge < -0.3 is 15.9 Å². The number of ether oxygens (including phenoxy) is 1. The topological polar surface area (TPSA) is 95.1 Å². The zero-order valence-electron chi connectivity index (χ0n) is 14.3. The second-order valence-corrected chi connectivity index (χ2v) is 6.37. The molecule has 0 radical (unpaired) electrons. The van der Waals surface area contributed by atoms with Crippen LogP contribution in [0.3, 0.4) is 0 Å². The molecule has 1 amide bonds. The van der Waals surface area contributed by atoms with E-state index in [0.29, 0.717) is 23.3 Å². The summed E-state index contributed by atoms with van der Waals surface area (Å²) in [6.45, 7) is 0.488. The van der Waals surface area contributed by atoms with Gasteiger partial charge in [-0.05, 0) is 17.7 Å². The highest BCUT2D eigenvalue weighted by atomic mass is 32.2. The Morgan fingerprint density at radius 1 is 1.15 bits per heavy atom. The first-order chi connectivity index (χ1) is 12.7. The summed E-state index contributed by atoms with van der Waals surface area (Å²) in [5, 5.41) is 11.5. The molecule has 0 fully saturated rings. The summed E-state index contributed by atoms with van der Waals surface area (Å²) in [6.07, 6.45) is 0. The zero-order valence-corrected chi connectivity index (χ0v) is 15.1. The number of hydrogen-bond donors (Lipinski definition) is 2. The number of methoxy groups -OCH3 is 1. The molecule has 26 heavy (non-hydrogen) atoms. The Morgan fingerprint density at radius 3 is 2.65 bits per heavy atom. The van der Waals surface area contributed by atoms with E-state index in [2.05, 4.69) is 15.5 Å². The molecular formula is C18H19N5O2S. The van der Waals surface area contributed by atoms with Crippen LogP contribution in [0.4, 0.5) is 0 Å². The fraction of sp³-hybridized carbons (Fsp3) is 0.167. The third-order valence-electron chi connectivity index (χ3n) is 3.68. The van der Waals surface area contributed by atoms with Crippen LogP contribution in [-0.2, 0) is 11.3 Å².